The van der Waals surface area contributed by atoms with Gasteiger partial charge in [-0.05, 0) is 48.2 Å². The van der Waals surface area contributed by atoms with E-state index in [9.17, 15) is 0 Å². The third kappa shape index (κ3) is 3.43. The van der Waals surface area contributed by atoms with E-state index in [2.05, 4.69) is 42.6 Å². The highest BCUT2D eigenvalue weighted by Crippen LogP contribution is 2.11. The van der Waals surface area contributed by atoms with E-state index in [1.165, 1.54) is 16.7 Å². The van der Waals surface area contributed by atoms with Crippen molar-refractivity contribution in [2.75, 3.05) is 0 Å². The first-order valence-corrected chi connectivity index (χ1v) is 6.45. The standard InChI is InChI=1S/C17H18N2/c1-13-5-3-4-6-16(13)11-19-12-17-8-7-15(10-18)9-14(17)2/h3-9,19H,11-12H2,1-2H3. The van der Waals surface area contributed by atoms with Gasteiger partial charge in [-0.15, -0.1) is 0 Å². The second kappa shape index (κ2) is 6.17. The van der Waals surface area contributed by atoms with Crippen molar-refractivity contribution in [2.45, 2.75) is 26.9 Å². The fourth-order valence-corrected chi connectivity index (χ4v) is 2.10. The van der Waals surface area contributed by atoms with Crippen molar-refractivity contribution in [2.24, 2.45) is 0 Å². The molecule has 0 heterocycles. The number of nitriles is 1. The highest BCUT2D eigenvalue weighted by atomic mass is 14.8. The summed E-state index contributed by atoms with van der Waals surface area (Å²) >= 11 is 0. The van der Waals surface area contributed by atoms with Gasteiger partial charge in [-0.3, -0.25) is 0 Å². The van der Waals surface area contributed by atoms with Crippen LogP contribution in [0, 0.1) is 25.2 Å². The number of aryl methyl sites for hydroxylation is 2. The lowest BCUT2D eigenvalue weighted by atomic mass is 10.1. The molecular formula is C17H18N2. The van der Waals surface area contributed by atoms with Crippen molar-refractivity contribution in [3.8, 4) is 6.07 Å². The number of hydrogen-bond donors (Lipinski definition) is 1. The Hall–Kier alpha value is -2.11. The first-order chi connectivity index (χ1) is 9.20. The highest BCUT2D eigenvalue weighted by molar-refractivity contribution is 5.37. The van der Waals surface area contributed by atoms with Crippen LogP contribution in [-0.2, 0) is 13.1 Å². The molecule has 0 unspecified atom stereocenters. The molecule has 0 bridgehead atoms. The van der Waals surface area contributed by atoms with Crippen molar-refractivity contribution in [1.29, 1.82) is 5.26 Å². The molecule has 2 aromatic carbocycles. The molecule has 96 valence electrons. The molecule has 0 aliphatic carbocycles. The van der Waals surface area contributed by atoms with Crippen molar-refractivity contribution < 1.29 is 0 Å². The van der Waals surface area contributed by atoms with Crippen molar-refractivity contribution in [1.82, 2.24) is 5.32 Å². The van der Waals surface area contributed by atoms with Gasteiger partial charge in [0.05, 0.1) is 11.6 Å². The number of nitrogens with zero attached hydrogens (tertiary/aromatic N) is 1. The Bertz CT molecular complexity index is 609. The van der Waals surface area contributed by atoms with Crippen LogP contribution in [0.3, 0.4) is 0 Å². The van der Waals surface area contributed by atoms with Gasteiger partial charge in [0.25, 0.3) is 0 Å². The Morgan fingerprint density at radius 3 is 2.26 bits per heavy atom. The second-order valence-corrected chi connectivity index (χ2v) is 4.78. The first kappa shape index (κ1) is 13.3. The van der Waals surface area contributed by atoms with Gasteiger partial charge in [0.2, 0.25) is 0 Å². The van der Waals surface area contributed by atoms with E-state index in [-0.39, 0.29) is 0 Å². The van der Waals surface area contributed by atoms with Crippen LogP contribution in [0.15, 0.2) is 42.5 Å². The van der Waals surface area contributed by atoms with Crippen molar-refractivity contribution >= 4 is 0 Å². The molecule has 0 atom stereocenters. The lowest BCUT2D eigenvalue weighted by Crippen LogP contribution is -2.14. The summed E-state index contributed by atoms with van der Waals surface area (Å²) in [7, 11) is 0. The monoisotopic (exact) mass is 250 g/mol. The number of nitrogens with one attached hydrogen (secondary N) is 1. The Balaban J connectivity index is 1.97. The van der Waals surface area contributed by atoms with Gasteiger partial charge in [0, 0.05) is 13.1 Å². The third-order valence-corrected chi connectivity index (χ3v) is 3.36. The first-order valence-electron chi connectivity index (χ1n) is 6.45. The molecule has 2 nitrogen and oxygen atoms in total. The van der Waals surface area contributed by atoms with E-state index in [1.54, 1.807) is 0 Å². The van der Waals surface area contributed by atoms with Gasteiger partial charge < -0.3 is 5.32 Å². The Morgan fingerprint density at radius 1 is 0.947 bits per heavy atom. The summed E-state index contributed by atoms with van der Waals surface area (Å²) in [4.78, 5) is 0. The Labute approximate surface area is 114 Å². The fourth-order valence-electron chi connectivity index (χ4n) is 2.10. The van der Waals surface area contributed by atoms with E-state index >= 15 is 0 Å². The summed E-state index contributed by atoms with van der Waals surface area (Å²) < 4.78 is 0. The molecule has 0 radical (unpaired) electrons. The molecule has 0 amide bonds. The van der Waals surface area contributed by atoms with E-state index in [0.717, 1.165) is 24.2 Å². The van der Waals surface area contributed by atoms with Crippen LogP contribution in [0.2, 0.25) is 0 Å². The molecule has 2 aromatic rings. The Kier molecular flexibility index (Phi) is 4.33. The van der Waals surface area contributed by atoms with Crippen LogP contribution in [-0.4, -0.2) is 0 Å². The van der Waals surface area contributed by atoms with E-state index < -0.39 is 0 Å². The zero-order chi connectivity index (χ0) is 13.7. The lowest BCUT2D eigenvalue weighted by molar-refractivity contribution is 0.688. The number of rotatable bonds is 4. The Morgan fingerprint density at radius 2 is 1.63 bits per heavy atom. The minimum atomic E-state index is 0.722. The molecule has 2 heteroatoms. The smallest absolute Gasteiger partial charge is 0.0991 e. The van der Waals surface area contributed by atoms with Crippen LogP contribution >= 0.6 is 0 Å². The van der Waals surface area contributed by atoms with Crippen molar-refractivity contribution in [3.05, 3.63) is 70.3 Å². The van der Waals surface area contributed by atoms with Gasteiger partial charge in [0.1, 0.15) is 0 Å². The average Bonchev–Trinajstić information content (AvgIpc) is 2.42. The molecule has 0 aromatic heterocycles. The summed E-state index contributed by atoms with van der Waals surface area (Å²) in [6, 6.07) is 16.4. The third-order valence-electron chi connectivity index (χ3n) is 3.36. The van der Waals surface area contributed by atoms with Crippen LogP contribution in [0.5, 0.6) is 0 Å². The number of benzene rings is 2. The maximum atomic E-state index is 8.84. The topological polar surface area (TPSA) is 35.8 Å². The maximum absolute atomic E-state index is 8.84. The second-order valence-electron chi connectivity index (χ2n) is 4.78. The summed E-state index contributed by atoms with van der Waals surface area (Å²) in [5.74, 6) is 0. The highest BCUT2D eigenvalue weighted by Gasteiger charge is 2.01. The molecule has 19 heavy (non-hydrogen) atoms. The lowest BCUT2D eigenvalue weighted by Gasteiger charge is -2.10. The van der Waals surface area contributed by atoms with Crippen LogP contribution in [0.4, 0.5) is 0 Å². The van der Waals surface area contributed by atoms with E-state index in [4.69, 9.17) is 5.26 Å². The zero-order valence-electron chi connectivity index (χ0n) is 11.4. The molecule has 0 saturated heterocycles. The number of hydrogen-bond acceptors (Lipinski definition) is 2. The minimum absolute atomic E-state index is 0.722. The van der Waals surface area contributed by atoms with Crippen molar-refractivity contribution in [3.63, 3.8) is 0 Å². The normalized spacial score (nSPS) is 10.2. The molecular weight excluding hydrogens is 232 g/mol. The zero-order valence-corrected chi connectivity index (χ0v) is 11.4. The summed E-state index contributed by atoms with van der Waals surface area (Å²) in [6.45, 7) is 5.87. The van der Waals surface area contributed by atoms with Crippen LogP contribution < -0.4 is 5.32 Å². The van der Waals surface area contributed by atoms with Crippen LogP contribution in [0.1, 0.15) is 27.8 Å². The largest absolute Gasteiger partial charge is 0.309 e. The maximum Gasteiger partial charge on any atom is 0.0991 e. The van der Waals surface area contributed by atoms with Crippen LogP contribution in [0.25, 0.3) is 0 Å². The average molecular weight is 250 g/mol. The van der Waals surface area contributed by atoms with Gasteiger partial charge in [0.15, 0.2) is 0 Å². The molecule has 0 spiro atoms. The minimum Gasteiger partial charge on any atom is -0.309 e. The summed E-state index contributed by atoms with van der Waals surface area (Å²) in [6.07, 6.45) is 0. The van der Waals surface area contributed by atoms with Gasteiger partial charge >= 0.3 is 0 Å². The van der Waals surface area contributed by atoms with E-state index in [1.807, 2.05) is 25.1 Å². The van der Waals surface area contributed by atoms with E-state index in [0.29, 0.717) is 0 Å². The molecule has 0 saturated carbocycles. The summed E-state index contributed by atoms with van der Waals surface area (Å²) in [5.41, 5.74) is 5.77. The molecule has 0 aliphatic heterocycles. The summed E-state index contributed by atoms with van der Waals surface area (Å²) in [5, 5.41) is 12.3. The van der Waals surface area contributed by atoms with Gasteiger partial charge in [-0.25, -0.2) is 0 Å². The van der Waals surface area contributed by atoms with Gasteiger partial charge in [-0.2, -0.15) is 5.26 Å². The predicted molar refractivity (Wildman–Crippen MR) is 77.6 cm³/mol. The quantitative estimate of drug-likeness (QED) is 0.902. The molecule has 0 fully saturated rings. The van der Waals surface area contributed by atoms with Gasteiger partial charge in [-0.1, -0.05) is 30.3 Å². The fraction of sp³-hybridized carbons (Fsp3) is 0.235. The molecule has 2 rings (SSSR count). The SMILES string of the molecule is Cc1ccccc1CNCc1ccc(C#N)cc1C. The predicted octanol–water partition coefficient (Wildman–Crippen LogP) is 3.46. The molecule has 1 N–H and O–H groups in total. The molecule has 0 aliphatic rings.